The van der Waals surface area contributed by atoms with Crippen molar-refractivity contribution < 1.29 is 27.6 Å². The number of nitrogens with one attached hydrogen (secondary N) is 1. The number of ether oxygens (including phenoxy) is 2. The lowest BCUT2D eigenvalue weighted by molar-refractivity contribution is -0.387. The minimum Gasteiger partial charge on any atom is -0.497 e. The van der Waals surface area contributed by atoms with E-state index >= 15 is 0 Å². The maximum atomic E-state index is 13.6. The Balaban J connectivity index is 2.04. The van der Waals surface area contributed by atoms with Crippen LogP contribution < -0.4 is 19.1 Å². The number of sulfonamides is 1. The molecule has 0 heterocycles. The Hall–Kier alpha value is -4.12. The highest BCUT2D eigenvalue weighted by Gasteiger charge is 2.34. The molecule has 0 atom stereocenters. The maximum Gasteiger partial charge on any atom is 0.289 e. The number of anilines is 1. The van der Waals surface area contributed by atoms with Gasteiger partial charge in [0.05, 0.1) is 24.8 Å². The Labute approximate surface area is 196 Å². The molecule has 0 spiro atoms. The van der Waals surface area contributed by atoms with Crippen molar-refractivity contribution in [1.82, 2.24) is 5.32 Å². The summed E-state index contributed by atoms with van der Waals surface area (Å²) < 4.78 is 38.6. The van der Waals surface area contributed by atoms with Gasteiger partial charge in [0.1, 0.15) is 18.0 Å². The van der Waals surface area contributed by atoms with Gasteiger partial charge in [-0.3, -0.25) is 19.2 Å². The van der Waals surface area contributed by atoms with E-state index in [0.717, 1.165) is 22.0 Å². The fourth-order valence-corrected chi connectivity index (χ4v) is 4.81. The van der Waals surface area contributed by atoms with Crippen LogP contribution in [0.4, 0.5) is 11.4 Å². The van der Waals surface area contributed by atoms with Crippen LogP contribution in [0.15, 0.2) is 77.7 Å². The van der Waals surface area contributed by atoms with Gasteiger partial charge in [0.25, 0.3) is 15.7 Å². The average Bonchev–Trinajstić information content (AvgIpc) is 2.86. The van der Waals surface area contributed by atoms with Crippen molar-refractivity contribution in [3.05, 3.63) is 88.5 Å². The zero-order valence-corrected chi connectivity index (χ0v) is 19.3. The Morgan fingerprint density at radius 1 is 1.00 bits per heavy atom. The fraction of sp³-hybridized carbons (Fsp3) is 0.174. The number of nitro benzene ring substituents is 1. The minimum absolute atomic E-state index is 0.0244. The lowest BCUT2D eigenvalue weighted by atomic mass is 10.2. The summed E-state index contributed by atoms with van der Waals surface area (Å²) in [5, 5.41) is 14.2. The van der Waals surface area contributed by atoms with Crippen LogP contribution in [0, 0.1) is 10.1 Å². The van der Waals surface area contributed by atoms with Crippen LogP contribution in [0.2, 0.25) is 0 Å². The van der Waals surface area contributed by atoms with Gasteiger partial charge < -0.3 is 14.8 Å². The predicted octanol–water partition coefficient (Wildman–Crippen LogP) is 3.12. The molecule has 0 saturated heterocycles. The Morgan fingerprint density at radius 2 is 1.68 bits per heavy atom. The molecule has 0 saturated carbocycles. The summed E-state index contributed by atoms with van der Waals surface area (Å²) in [4.78, 5) is 23.0. The summed E-state index contributed by atoms with van der Waals surface area (Å²) in [6, 6.07) is 18.4. The molecule has 1 N–H and O–H groups in total. The van der Waals surface area contributed by atoms with E-state index in [-0.39, 0.29) is 18.0 Å². The third kappa shape index (κ3) is 5.44. The topological polar surface area (TPSA) is 128 Å². The summed E-state index contributed by atoms with van der Waals surface area (Å²) in [5.41, 5.74) is 0.243. The maximum absolute atomic E-state index is 13.6. The quantitative estimate of drug-likeness (QED) is 0.345. The van der Waals surface area contributed by atoms with Crippen LogP contribution in [0.5, 0.6) is 11.5 Å². The van der Waals surface area contributed by atoms with Crippen LogP contribution in [-0.2, 0) is 21.4 Å². The van der Waals surface area contributed by atoms with Crippen molar-refractivity contribution >= 4 is 27.3 Å². The number of rotatable bonds is 10. The van der Waals surface area contributed by atoms with Crippen LogP contribution in [0.3, 0.4) is 0 Å². The highest BCUT2D eigenvalue weighted by Crippen LogP contribution is 2.37. The largest absolute Gasteiger partial charge is 0.497 e. The van der Waals surface area contributed by atoms with E-state index < -0.39 is 38.0 Å². The fourth-order valence-electron chi connectivity index (χ4n) is 3.22. The van der Waals surface area contributed by atoms with Gasteiger partial charge in [-0.05, 0) is 23.8 Å². The van der Waals surface area contributed by atoms with Crippen molar-refractivity contribution in [1.29, 1.82) is 0 Å². The first kappa shape index (κ1) is 24.5. The predicted molar refractivity (Wildman–Crippen MR) is 125 cm³/mol. The Bertz CT molecular complexity index is 1280. The van der Waals surface area contributed by atoms with E-state index in [0.29, 0.717) is 5.75 Å². The normalized spacial score (nSPS) is 10.9. The number of methoxy groups -OCH3 is 2. The van der Waals surface area contributed by atoms with Crippen LogP contribution in [0.1, 0.15) is 5.56 Å². The second-order valence-corrected chi connectivity index (χ2v) is 8.87. The minimum atomic E-state index is -4.55. The third-order valence-electron chi connectivity index (χ3n) is 4.91. The molecule has 3 aromatic carbocycles. The molecule has 3 rings (SSSR count). The van der Waals surface area contributed by atoms with Crippen molar-refractivity contribution in [2.45, 2.75) is 11.4 Å². The van der Waals surface area contributed by atoms with E-state index in [1.54, 1.807) is 0 Å². The second kappa shape index (κ2) is 10.7. The lowest BCUT2D eigenvalue weighted by Gasteiger charge is -2.25. The molecule has 178 valence electrons. The third-order valence-corrected chi connectivity index (χ3v) is 6.71. The van der Waals surface area contributed by atoms with Crippen LogP contribution in [-0.4, -0.2) is 40.0 Å². The smallest absolute Gasteiger partial charge is 0.289 e. The van der Waals surface area contributed by atoms with Gasteiger partial charge in [0.2, 0.25) is 5.91 Å². The first-order chi connectivity index (χ1) is 16.3. The van der Waals surface area contributed by atoms with E-state index in [9.17, 15) is 23.3 Å². The average molecular weight is 486 g/mol. The van der Waals surface area contributed by atoms with E-state index in [4.69, 9.17) is 9.47 Å². The molecule has 11 heteroatoms. The number of nitrogens with zero attached hydrogens (tertiary/aromatic N) is 2. The van der Waals surface area contributed by atoms with Crippen LogP contribution in [0.25, 0.3) is 0 Å². The summed E-state index contributed by atoms with van der Waals surface area (Å²) in [6.07, 6.45) is 0. The number of hydrogen-bond donors (Lipinski definition) is 1. The summed E-state index contributed by atoms with van der Waals surface area (Å²) >= 11 is 0. The standard InChI is InChI=1S/C23H23N3O7S/c1-32-18-12-13-19(21(14-18)33-2)25(16-23(27)24-15-17-8-4-3-5-9-17)34(30,31)22-11-7-6-10-20(22)26(28)29/h3-14H,15-16H2,1-2H3,(H,24,27). The molecule has 0 aromatic heterocycles. The van der Waals surface area contributed by atoms with Crippen molar-refractivity contribution in [2.75, 3.05) is 25.1 Å². The molecule has 0 unspecified atom stereocenters. The van der Waals surface area contributed by atoms with E-state index in [1.165, 1.54) is 44.6 Å². The molecule has 0 radical (unpaired) electrons. The lowest BCUT2D eigenvalue weighted by Crippen LogP contribution is -2.41. The molecule has 10 nitrogen and oxygen atoms in total. The van der Waals surface area contributed by atoms with Crippen LogP contribution >= 0.6 is 0 Å². The van der Waals surface area contributed by atoms with Crippen molar-refractivity contribution in [3.8, 4) is 11.5 Å². The molecular formula is C23H23N3O7S. The first-order valence-electron chi connectivity index (χ1n) is 10.1. The zero-order valence-electron chi connectivity index (χ0n) is 18.5. The molecule has 0 bridgehead atoms. The highest BCUT2D eigenvalue weighted by molar-refractivity contribution is 7.93. The summed E-state index contributed by atoms with van der Waals surface area (Å²) in [6.45, 7) is -0.456. The van der Waals surface area contributed by atoms with E-state index in [1.807, 2.05) is 30.3 Å². The number of amides is 1. The second-order valence-electron chi connectivity index (χ2n) is 7.04. The number of para-hydroxylation sites is 1. The van der Waals surface area contributed by atoms with Gasteiger partial charge >= 0.3 is 0 Å². The van der Waals surface area contributed by atoms with Gasteiger partial charge in [-0.2, -0.15) is 0 Å². The van der Waals surface area contributed by atoms with Gasteiger partial charge in [-0.1, -0.05) is 42.5 Å². The molecule has 1 amide bonds. The van der Waals surface area contributed by atoms with Gasteiger partial charge in [-0.25, -0.2) is 8.42 Å². The van der Waals surface area contributed by atoms with Gasteiger partial charge in [0.15, 0.2) is 4.90 Å². The number of nitro groups is 1. The number of hydrogen-bond acceptors (Lipinski definition) is 7. The first-order valence-corrected chi connectivity index (χ1v) is 11.5. The molecule has 0 aliphatic heterocycles. The monoisotopic (exact) mass is 485 g/mol. The molecule has 0 fully saturated rings. The number of carbonyl (C=O) groups is 1. The molecular weight excluding hydrogens is 462 g/mol. The molecule has 0 aliphatic rings. The number of benzene rings is 3. The molecule has 34 heavy (non-hydrogen) atoms. The summed E-state index contributed by atoms with van der Waals surface area (Å²) in [5.74, 6) is -0.0987. The Kier molecular flexibility index (Phi) is 7.69. The highest BCUT2D eigenvalue weighted by atomic mass is 32.2. The van der Waals surface area contributed by atoms with Gasteiger partial charge in [-0.15, -0.1) is 0 Å². The SMILES string of the molecule is COc1ccc(N(CC(=O)NCc2ccccc2)S(=O)(=O)c2ccccc2[N+](=O)[O-])c(OC)c1. The van der Waals surface area contributed by atoms with E-state index in [2.05, 4.69) is 5.32 Å². The summed E-state index contributed by atoms with van der Waals surface area (Å²) in [7, 11) is -1.78. The van der Waals surface area contributed by atoms with Crippen molar-refractivity contribution in [3.63, 3.8) is 0 Å². The van der Waals surface area contributed by atoms with Gasteiger partial charge in [0, 0.05) is 18.7 Å². The molecule has 0 aliphatic carbocycles. The zero-order chi connectivity index (χ0) is 24.7. The van der Waals surface area contributed by atoms with Crippen molar-refractivity contribution in [2.24, 2.45) is 0 Å². The molecule has 3 aromatic rings. The number of carbonyl (C=O) groups excluding carboxylic acids is 1. The Morgan fingerprint density at radius 3 is 2.32 bits per heavy atom.